The van der Waals surface area contributed by atoms with Gasteiger partial charge in [-0.05, 0) is 90.5 Å². The van der Waals surface area contributed by atoms with E-state index in [0.717, 1.165) is 28.4 Å². The molecule has 7 aromatic carbocycles. The Morgan fingerprint density at radius 2 is 0.796 bits per heavy atom. The number of benzene rings is 7. The molecular weight excluding hydrogens is 655 g/mol. The summed E-state index contributed by atoms with van der Waals surface area (Å²) in [6.07, 6.45) is -0.374. The lowest BCUT2D eigenvalue weighted by Gasteiger charge is -2.24. The third-order valence-corrected chi connectivity index (χ3v) is 12.0. The Morgan fingerprint density at radius 3 is 1.44 bits per heavy atom. The van der Waals surface area contributed by atoms with Crippen molar-refractivity contribution in [2.45, 2.75) is 44.7 Å². The van der Waals surface area contributed by atoms with Gasteiger partial charge in [0.25, 0.3) is 0 Å². The van der Waals surface area contributed by atoms with Crippen LogP contribution in [0.15, 0.2) is 174 Å². The quantitative estimate of drug-likeness (QED) is 0.191. The second kappa shape index (κ2) is 12.1. The summed E-state index contributed by atoms with van der Waals surface area (Å²) in [5, 5.41) is 3.55. The van der Waals surface area contributed by atoms with Gasteiger partial charge in [-0.15, -0.1) is 0 Å². The van der Waals surface area contributed by atoms with Gasteiger partial charge in [-0.1, -0.05) is 173 Å². The van der Waals surface area contributed by atoms with E-state index in [2.05, 4.69) is 173 Å². The van der Waals surface area contributed by atoms with Gasteiger partial charge in [0.2, 0.25) is 0 Å². The minimum atomic E-state index is -0.374. The fourth-order valence-electron chi connectivity index (χ4n) is 8.91. The Balaban J connectivity index is 0.993. The number of aliphatic imine (C=N–C) groups is 2. The molecular formula is C51H41N3. The molecule has 1 N–H and O–H groups in total. The van der Waals surface area contributed by atoms with Gasteiger partial charge < -0.3 is 5.32 Å². The van der Waals surface area contributed by atoms with Crippen LogP contribution < -0.4 is 5.32 Å². The molecule has 1 aliphatic heterocycles. The smallest absolute Gasteiger partial charge is 0.169 e. The Morgan fingerprint density at radius 1 is 0.370 bits per heavy atom. The number of rotatable bonds is 5. The normalized spacial score (nSPS) is 17.0. The van der Waals surface area contributed by atoms with Crippen LogP contribution in [0.2, 0.25) is 0 Å². The van der Waals surface area contributed by atoms with Gasteiger partial charge in [-0.2, -0.15) is 0 Å². The fourth-order valence-corrected chi connectivity index (χ4v) is 8.91. The average molecular weight is 696 g/mol. The van der Waals surface area contributed by atoms with Crippen molar-refractivity contribution in [3.63, 3.8) is 0 Å². The molecule has 54 heavy (non-hydrogen) atoms. The molecule has 0 radical (unpaired) electrons. The van der Waals surface area contributed by atoms with Crippen LogP contribution in [0.5, 0.6) is 0 Å². The Kier molecular flexibility index (Phi) is 7.25. The topological polar surface area (TPSA) is 36.8 Å². The number of amidine groups is 2. The first-order valence-corrected chi connectivity index (χ1v) is 18.9. The van der Waals surface area contributed by atoms with Crippen molar-refractivity contribution < 1.29 is 0 Å². The molecule has 3 heteroatoms. The van der Waals surface area contributed by atoms with E-state index < -0.39 is 0 Å². The maximum absolute atomic E-state index is 5.16. The first-order valence-electron chi connectivity index (χ1n) is 18.9. The summed E-state index contributed by atoms with van der Waals surface area (Å²) >= 11 is 0. The molecule has 1 atom stereocenters. The van der Waals surface area contributed by atoms with Crippen LogP contribution in [-0.4, -0.2) is 11.7 Å². The molecule has 3 aliphatic rings. The third kappa shape index (κ3) is 5.10. The molecule has 0 spiro atoms. The van der Waals surface area contributed by atoms with Gasteiger partial charge in [-0.25, -0.2) is 9.98 Å². The predicted octanol–water partition coefficient (Wildman–Crippen LogP) is 12.1. The van der Waals surface area contributed by atoms with E-state index >= 15 is 0 Å². The second-order valence-electron chi connectivity index (χ2n) is 15.9. The van der Waals surface area contributed by atoms with Crippen LogP contribution >= 0.6 is 0 Å². The van der Waals surface area contributed by atoms with Gasteiger partial charge >= 0.3 is 0 Å². The summed E-state index contributed by atoms with van der Waals surface area (Å²) in [5.41, 5.74) is 18.9. The summed E-state index contributed by atoms with van der Waals surface area (Å²) in [6.45, 7) is 9.49. The lowest BCUT2D eigenvalue weighted by molar-refractivity contribution is 0.652. The molecule has 1 heterocycles. The monoisotopic (exact) mass is 695 g/mol. The van der Waals surface area contributed by atoms with Crippen LogP contribution in [0.25, 0.3) is 44.5 Å². The van der Waals surface area contributed by atoms with Crippen LogP contribution in [0.1, 0.15) is 72.8 Å². The number of fused-ring (bicyclic) bond motifs is 6. The van der Waals surface area contributed by atoms with E-state index in [1.807, 2.05) is 24.3 Å². The number of nitrogens with one attached hydrogen (secondary N) is 1. The highest BCUT2D eigenvalue weighted by atomic mass is 15.2. The predicted molar refractivity (Wildman–Crippen MR) is 224 cm³/mol. The summed E-state index contributed by atoms with van der Waals surface area (Å²) in [4.78, 5) is 10.3. The zero-order valence-electron chi connectivity index (χ0n) is 31.1. The largest absolute Gasteiger partial charge is 0.324 e. The second-order valence-corrected chi connectivity index (χ2v) is 15.9. The van der Waals surface area contributed by atoms with Crippen LogP contribution in [0.4, 0.5) is 0 Å². The molecule has 0 fully saturated rings. The van der Waals surface area contributed by atoms with Gasteiger partial charge in [0.05, 0.1) is 0 Å². The standard InChI is InChI=1S/C51H41N3/c1-50(2)43-18-12-11-17-39(43)41-30-46-42(31-45(41)50)40-29-38(27-28-44(40)51(46,3)4)34-21-25-37(26-22-34)49-53-47(35-15-9-6-10-16-35)52-48(54-49)36-23-19-33(20-24-36)32-13-7-5-8-14-32/h5-31,49H,1-4H3,(H,52,53,54). The molecule has 2 aliphatic carbocycles. The molecule has 10 rings (SSSR count). The van der Waals surface area contributed by atoms with E-state index in [1.165, 1.54) is 66.8 Å². The summed E-state index contributed by atoms with van der Waals surface area (Å²) in [7, 11) is 0. The maximum atomic E-state index is 5.16. The van der Waals surface area contributed by atoms with Crippen LogP contribution in [-0.2, 0) is 10.8 Å². The molecule has 0 amide bonds. The van der Waals surface area contributed by atoms with Crippen molar-refractivity contribution in [3.8, 4) is 44.5 Å². The van der Waals surface area contributed by atoms with Gasteiger partial charge in [0, 0.05) is 22.0 Å². The zero-order chi connectivity index (χ0) is 36.6. The molecule has 0 aromatic heterocycles. The lowest BCUT2D eigenvalue weighted by atomic mass is 9.79. The first kappa shape index (κ1) is 32.3. The highest BCUT2D eigenvalue weighted by Crippen LogP contribution is 2.56. The zero-order valence-corrected chi connectivity index (χ0v) is 31.1. The highest BCUT2D eigenvalue weighted by Gasteiger charge is 2.41. The molecule has 1 unspecified atom stereocenters. The van der Waals surface area contributed by atoms with E-state index in [0.29, 0.717) is 0 Å². The first-order chi connectivity index (χ1) is 26.3. The van der Waals surface area contributed by atoms with Crippen molar-refractivity contribution in [2.24, 2.45) is 9.98 Å². The van der Waals surface area contributed by atoms with Crippen molar-refractivity contribution in [1.82, 2.24) is 5.32 Å². The number of hydrogen-bond donors (Lipinski definition) is 1. The fraction of sp³-hybridized carbons (Fsp3) is 0.137. The minimum Gasteiger partial charge on any atom is -0.324 e. The van der Waals surface area contributed by atoms with E-state index in [-0.39, 0.29) is 17.0 Å². The molecule has 0 bridgehead atoms. The maximum Gasteiger partial charge on any atom is 0.169 e. The molecule has 260 valence electrons. The minimum absolute atomic E-state index is 0.0350. The molecule has 0 saturated heterocycles. The van der Waals surface area contributed by atoms with Gasteiger partial charge in [0.15, 0.2) is 6.17 Å². The SMILES string of the molecule is CC1(C)c2ccccc2-c2cc3c(cc21)-c1cc(-c2ccc(C4N=C(c5ccccc5)NC(c5ccc(-c6ccccc6)cc5)=N4)cc2)ccc1C3(C)C. The summed E-state index contributed by atoms with van der Waals surface area (Å²) < 4.78 is 0. The lowest BCUT2D eigenvalue weighted by Crippen LogP contribution is -2.36. The Labute approximate surface area is 317 Å². The van der Waals surface area contributed by atoms with Crippen molar-refractivity contribution in [3.05, 3.63) is 203 Å². The average Bonchev–Trinajstić information content (AvgIpc) is 3.59. The Hall–Kier alpha value is -6.32. The number of nitrogens with zero attached hydrogens (tertiary/aromatic N) is 2. The third-order valence-electron chi connectivity index (χ3n) is 12.0. The van der Waals surface area contributed by atoms with Crippen molar-refractivity contribution >= 4 is 11.7 Å². The highest BCUT2D eigenvalue weighted by molar-refractivity contribution is 6.16. The van der Waals surface area contributed by atoms with E-state index in [4.69, 9.17) is 9.98 Å². The van der Waals surface area contributed by atoms with Crippen molar-refractivity contribution in [2.75, 3.05) is 0 Å². The van der Waals surface area contributed by atoms with Crippen molar-refractivity contribution in [1.29, 1.82) is 0 Å². The number of hydrogen-bond acceptors (Lipinski definition) is 3. The van der Waals surface area contributed by atoms with Crippen LogP contribution in [0, 0.1) is 0 Å². The summed E-state index contributed by atoms with van der Waals surface area (Å²) in [5.74, 6) is 1.63. The Bertz CT molecular complexity index is 2650. The molecule has 7 aromatic rings. The van der Waals surface area contributed by atoms with E-state index in [9.17, 15) is 0 Å². The molecule has 3 nitrogen and oxygen atoms in total. The molecule has 0 saturated carbocycles. The van der Waals surface area contributed by atoms with E-state index in [1.54, 1.807) is 0 Å². The van der Waals surface area contributed by atoms with Gasteiger partial charge in [0.1, 0.15) is 11.7 Å². The van der Waals surface area contributed by atoms with Crippen LogP contribution in [0.3, 0.4) is 0 Å². The van der Waals surface area contributed by atoms with Gasteiger partial charge in [-0.3, -0.25) is 0 Å². The summed E-state index contributed by atoms with van der Waals surface area (Å²) in [6, 6.07) is 59.2.